The topological polar surface area (TPSA) is 29.1 Å². The van der Waals surface area contributed by atoms with Gasteiger partial charge >= 0.3 is 0 Å². The second-order valence-electron chi connectivity index (χ2n) is 5.16. The van der Waals surface area contributed by atoms with Crippen molar-refractivity contribution in [1.29, 1.82) is 0 Å². The molecule has 2 bridgehead atoms. The Balaban J connectivity index is 1.65. The predicted molar refractivity (Wildman–Crippen MR) is 68.2 cm³/mol. The van der Waals surface area contributed by atoms with Crippen molar-refractivity contribution in [3.8, 4) is 0 Å². The van der Waals surface area contributed by atoms with Gasteiger partial charge in [-0.1, -0.05) is 23.7 Å². The lowest BCUT2D eigenvalue weighted by Gasteiger charge is -2.18. The molecule has 0 saturated carbocycles. The van der Waals surface area contributed by atoms with Gasteiger partial charge in [0.05, 0.1) is 0 Å². The van der Waals surface area contributed by atoms with E-state index in [1.807, 2.05) is 24.3 Å². The average molecular weight is 250 g/mol. The van der Waals surface area contributed by atoms with Crippen LogP contribution >= 0.6 is 11.6 Å². The van der Waals surface area contributed by atoms with Crippen LogP contribution in [-0.2, 0) is 11.2 Å². The average Bonchev–Trinajstić information content (AvgIpc) is 2.94. The zero-order valence-electron chi connectivity index (χ0n) is 9.66. The smallest absolute Gasteiger partial charge is 0.141 e. The molecule has 1 N–H and O–H groups in total. The van der Waals surface area contributed by atoms with E-state index in [2.05, 4.69) is 5.32 Å². The van der Waals surface area contributed by atoms with E-state index >= 15 is 0 Å². The van der Waals surface area contributed by atoms with E-state index in [1.165, 1.54) is 12.8 Å². The standard InChI is InChI=1S/C14H16ClNO/c15-10-3-1-9(2-4-10)7-14(17)12-8-11-5-6-13(12)16-11/h1-4,11-13,16H,5-8H2. The molecule has 3 heteroatoms. The normalized spacial score (nSPS) is 30.8. The van der Waals surface area contributed by atoms with Gasteiger partial charge in [0.15, 0.2) is 0 Å². The summed E-state index contributed by atoms with van der Waals surface area (Å²) in [6.07, 6.45) is 4.00. The van der Waals surface area contributed by atoms with Gasteiger partial charge in [0.1, 0.15) is 5.78 Å². The van der Waals surface area contributed by atoms with Crippen LogP contribution in [0.2, 0.25) is 5.02 Å². The lowest BCUT2D eigenvalue weighted by molar-refractivity contribution is -0.122. The van der Waals surface area contributed by atoms with Gasteiger partial charge in [0.25, 0.3) is 0 Å². The summed E-state index contributed by atoms with van der Waals surface area (Å²) >= 11 is 5.83. The first-order chi connectivity index (χ1) is 8.22. The van der Waals surface area contributed by atoms with Crippen molar-refractivity contribution in [3.05, 3.63) is 34.9 Å². The van der Waals surface area contributed by atoms with E-state index in [9.17, 15) is 4.79 Å². The third-order valence-electron chi connectivity index (χ3n) is 4.01. The molecule has 2 aliphatic heterocycles. The molecule has 90 valence electrons. The van der Waals surface area contributed by atoms with Crippen molar-refractivity contribution in [1.82, 2.24) is 5.32 Å². The van der Waals surface area contributed by atoms with E-state index in [0.29, 0.717) is 24.3 Å². The number of hydrogen-bond donors (Lipinski definition) is 1. The lowest BCUT2D eigenvalue weighted by Crippen LogP contribution is -2.29. The summed E-state index contributed by atoms with van der Waals surface area (Å²) in [6, 6.07) is 8.63. The van der Waals surface area contributed by atoms with Crippen molar-refractivity contribution in [2.45, 2.75) is 37.8 Å². The Labute approximate surface area is 106 Å². The van der Waals surface area contributed by atoms with Gasteiger partial charge in [-0.05, 0) is 37.0 Å². The summed E-state index contributed by atoms with van der Waals surface area (Å²) < 4.78 is 0. The van der Waals surface area contributed by atoms with Gasteiger partial charge in [-0.25, -0.2) is 0 Å². The second-order valence-corrected chi connectivity index (χ2v) is 5.60. The highest BCUT2D eigenvalue weighted by atomic mass is 35.5. The number of halogens is 1. The van der Waals surface area contributed by atoms with Crippen LogP contribution in [0.5, 0.6) is 0 Å². The zero-order valence-corrected chi connectivity index (χ0v) is 10.4. The van der Waals surface area contributed by atoms with Crippen LogP contribution in [0.4, 0.5) is 0 Å². The first kappa shape index (κ1) is 11.2. The highest BCUT2D eigenvalue weighted by Gasteiger charge is 2.42. The predicted octanol–water partition coefficient (Wildman–Crippen LogP) is 2.59. The second kappa shape index (κ2) is 4.43. The lowest BCUT2D eigenvalue weighted by atomic mass is 9.84. The molecule has 0 aliphatic carbocycles. The Morgan fingerprint density at radius 3 is 2.65 bits per heavy atom. The fourth-order valence-electron chi connectivity index (χ4n) is 3.11. The van der Waals surface area contributed by atoms with Crippen LogP contribution in [-0.4, -0.2) is 17.9 Å². The Hall–Kier alpha value is -0.860. The molecule has 1 aromatic carbocycles. The number of fused-ring (bicyclic) bond motifs is 2. The highest BCUT2D eigenvalue weighted by molar-refractivity contribution is 6.30. The highest BCUT2D eigenvalue weighted by Crippen LogP contribution is 2.34. The molecule has 1 aromatic rings. The molecule has 0 aromatic heterocycles. The summed E-state index contributed by atoms with van der Waals surface area (Å²) in [5.41, 5.74) is 1.07. The Bertz CT molecular complexity index is 428. The van der Waals surface area contributed by atoms with E-state index in [4.69, 9.17) is 11.6 Å². The number of rotatable bonds is 3. The van der Waals surface area contributed by atoms with Gasteiger partial charge in [-0.2, -0.15) is 0 Å². The molecule has 2 aliphatic rings. The fourth-order valence-corrected chi connectivity index (χ4v) is 3.24. The molecular formula is C14H16ClNO. The van der Waals surface area contributed by atoms with Gasteiger partial charge in [0, 0.05) is 29.4 Å². The minimum absolute atomic E-state index is 0.240. The Morgan fingerprint density at radius 2 is 2.06 bits per heavy atom. The largest absolute Gasteiger partial charge is 0.310 e. The van der Waals surface area contributed by atoms with E-state index < -0.39 is 0 Å². The van der Waals surface area contributed by atoms with Crippen molar-refractivity contribution >= 4 is 17.4 Å². The summed E-state index contributed by atoms with van der Waals surface area (Å²) in [7, 11) is 0. The molecule has 2 fully saturated rings. The molecule has 2 nitrogen and oxygen atoms in total. The molecule has 3 rings (SSSR count). The summed E-state index contributed by atoms with van der Waals surface area (Å²) in [5, 5.41) is 4.24. The molecule has 3 unspecified atom stereocenters. The Kier molecular flexibility index (Phi) is 2.93. The molecule has 3 atom stereocenters. The zero-order chi connectivity index (χ0) is 11.8. The van der Waals surface area contributed by atoms with E-state index in [-0.39, 0.29) is 5.92 Å². The third kappa shape index (κ3) is 2.24. The number of nitrogens with one attached hydrogen (secondary N) is 1. The number of hydrogen-bond acceptors (Lipinski definition) is 2. The van der Waals surface area contributed by atoms with Crippen LogP contribution in [0.1, 0.15) is 24.8 Å². The molecule has 0 spiro atoms. The van der Waals surface area contributed by atoms with Crippen LogP contribution in [0.15, 0.2) is 24.3 Å². The quantitative estimate of drug-likeness (QED) is 0.892. The minimum Gasteiger partial charge on any atom is -0.310 e. The first-order valence-electron chi connectivity index (χ1n) is 6.25. The monoisotopic (exact) mass is 249 g/mol. The molecule has 2 saturated heterocycles. The van der Waals surface area contributed by atoms with Crippen molar-refractivity contribution in [2.24, 2.45) is 5.92 Å². The number of Topliss-reactive ketones (excluding diaryl/α,β-unsaturated/α-hetero) is 1. The molecule has 0 radical (unpaired) electrons. The first-order valence-corrected chi connectivity index (χ1v) is 6.63. The van der Waals surface area contributed by atoms with Crippen molar-refractivity contribution in [2.75, 3.05) is 0 Å². The maximum atomic E-state index is 12.2. The molecular weight excluding hydrogens is 234 g/mol. The fraction of sp³-hybridized carbons (Fsp3) is 0.500. The maximum absolute atomic E-state index is 12.2. The van der Waals surface area contributed by atoms with Crippen LogP contribution in [0, 0.1) is 5.92 Å². The Morgan fingerprint density at radius 1 is 1.29 bits per heavy atom. The molecule has 2 heterocycles. The number of carbonyl (C=O) groups is 1. The summed E-state index contributed by atoms with van der Waals surface area (Å²) in [4.78, 5) is 12.2. The van der Waals surface area contributed by atoms with Crippen molar-refractivity contribution in [3.63, 3.8) is 0 Å². The molecule has 0 amide bonds. The summed E-state index contributed by atoms with van der Waals surface area (Å²) in [5.74, 6) is 0.622. The molecule has 17 heavy (non-hydrogen) atoms. The van der Waals surface area contributed by atoms with Crippen molar-refractivity contribution < 1.29 is 4.79 Å². The van der Waals surface area contributed by atoms with Gasteiger partial charge in [0.2, 0.25) is 0 Å². The maximum Gasteiger partial charge on any atom is 0.141 e. The number of ketones is 1. The summed E-state index contributed by atoms with van der Waals surface area (Å²) in [6.45, 7) is 0. The third-order valence-corrected chi connectivity index (χ3v) is 4.26. The van der Waals surface area contributed by atoms with Gasteiger partial charge in [-0.3, -0.25) is 4.79 Å². The van der Waals surface area contributed by atoms with Crippen LogP contribution < -0.4 is 5.32 Å². The van der Waals surface area contributed by atoms with Gasteiger partial charge < -0.3 is 5.32 Å². The van der Waals surface area contributed by atoms with Gasteiger partial charge in [-0.15, -0.1) is 0 Å². The SMILES string of the molecule is O=C(Cc1ccc(Cl)cc1)C1CC2CCC1N2. The minimum atomic E-state index is 0.240. The van der Waals surface area contributed by atoms with E-state index in [0.717, 1.165) is 17.0 Å². The van der Waals surface area contributed by atoms with E-state index in [1.54, 1.807) is 0 Å². The number of carbonyl (C=O) groups excluding carboxylic acids is 1. The number of benzene rings is 1. The van der Waals surface area contributed by atoms with Crippen LogP contribution in [0.3, 0.4) is 0 Å². The van der Waals surface area contributed by atoms with Crippen LogP contribution in [0.25, 0.3) is 0 Å².